The summed E-state index contributed by atoms with van der Waals surface area (Å²) in [6.07, 6.45) is 4.14. The number of hydrogen-bond acceptors (Lipinski definition) is 6. The Labute approximate surface area is 222 Å². The van der Waals surface area contributed by atoms with E-state index in [-0.39, 0.29) is 23.0 Å². The highest BCUT2D eigenvalue weighted by molar-refractivity contribution is 6.06. The van der Waals surface area contributed by atoms with Gasteiger partial charge in [0.15, 0.2) is 0 Å². The van der Waals surface area contributed by atoms with Crippen LogP contribution in [-0.4, -0.2) is 35.6 Å². The number of methoxy groups -OCH3 is 1. The SMILES string of the molecule is COc1ccc(C(C)(C)C)cc1C(=O)Nc1ccc(C)c(-c2cc(C(=O)NCCc3cccnc3)on2)c1. The molecule has 0 saturated carbocycles. The molecule has 196 valence electrons. The number of rotatable bonds is 8. The predicted molar refractivity (Wildman–Crippen MR) is 147 cm³/mol. The standard InChI is InChI=1S/C30H32N4O4/c1-19-8-10-22(33-28(35)24-15-21(30(2,3)4)9-11-26(24)37-5)16-23(19)25-17-27(38-34-25)29(36)32-14-12-20-7-6-13-31-18-20/h6-11,13,15-18H,12,14H2,1-5H3,(H,32,36)(H,33,35). The number of aryl methyl sites for hydroxylation is 1. The first-order valence-corrected chi connectivity index (χ1v) is 12.4. The summed E-state index contributed by atoms with van der Waals surface area (Å²) in [5.74, 6) is -0.0144. The van der Waals surface area contributed by atoms with Crippen LogP contribution in [0.5, 0.6) is 5.75 Å². The fourth-order valence-electron chi connectivity index (χ4n) is 3.99. The van der Waals surface area contributed by atoms with Gasteiger partial charge >= 0.3 is 0 Å². The lowest BCUT2D eigenvalue weighted by Crippen LogP contribution is -2.25. The van der Waals surface area contributed by atoms with Gasteiger partial charge < -0.3 is 19.9 Å². The Morgan fingerprint density at radius 1 is 1.03 bits per heavy atom. The van der Waals surface area contributed by atoms with E-state index in [1.54, 1.807) is 25.6 Å². The van der Waals surface area contributed by atoms with E-state index in [0.717, 1.165) is 22.3 Å². The number of aromatic nitrogens is 2. The summed E-state index contributed by atoms with van der Waals surface area (Å²) in [4.78, 5) is 29.9. The van der Waals surface area contributed by atoms with Crippen LogP contribution in [0.2, 0.25) is 0 Å². The molecule has 0 spiro atoms. The van der Waals surface area contributed by atoms with E-state index < -0.39 is 0 Å². The van der Waals surface area contributed by atoms with Crippen LogP contribution in [0.4, 0.5) is 5.69 Å². The van der Waals surface area contributed by atoms with E-state index in [9.17, 15) is 9.59 Å². The van der Waals surface area contributed by atoms with Crippen molar-refractivity contribution >= 4 is 17.5 Å². The van der Waals surface area contributed by atoms with Crippen molar-refractivity contribution in [1.82, 2.24) is 15.5 Å². The van der Waals surface area contributed by atoms with Crippen LogP contribution in [0.15, 0.2) is 71.5 Å². The van der Waals surface area contributed by atoms with Gasteiger partial charge in [0.2, 0.25) is 5.76 Å². The average molecular weight is 513 g/mol. The molecule has 8 heteroatoms. The van der Waals surface area contributed by atoms with Gasteiger partial charge in [0.25, 0.3) is 11.8 Å². The van der Waals surface area contributed by atoms with E-state index in [1.807, 2.05) is 55.5 Å². The van der Waals surface area contributed by atoms with E-state index in [2.05, 4.69) is 41.5 Å². The maximum Gasteiger partial charge on any atom is 0.289 e. The molecule has 4 aromatic rings. The summed E-state index contributed by atoms with van der Waals surface area (Å²) in [7, 11) is 1.55. The lowest BCUT2D eigenvalue weighted by atomic mass is 9.86. The smallest absolute Gasteiger partial charge is 0.289 e. The largest absolute Gasteiger partial charge is 0.496 e. The van der Waals surface area contributed by atoms with Crippen LogP contribution in [0, 0.1) is 6.92 Å². The second-order valence-electron chi connectivity index (χ2n) is 10.1. The van der Waals surface area contributed by atoms with Gasteiger partial charge in [-0.25, -0.2) is 0 Å². The van der Waals surface area contributed by atoms with E-state index in [0.29, 0.717) is 35.7 Å². The van der Waals surface area contributed by atoms with Gasteiger partial charge in [0.1, 0.15) is 11.4 Å². The second-order valence-corrected chi connectivity index (χ2v) is 10.1. The predicted octanol–water partition coefficient (Wildman–Crippen LogP) is 5.58. The van der Waals surface area contributed by atoms with Crippen molar-refractivity contribution in [2.45, 2.75) is 39.5 Å². The van der Waals surface area contributed by atoms with Gasteiger partial charge in [-0.2, -0.15) is 0 Å². The van der Waals surface area contributed by atoms with Crippen LogP contribution in [0.3, 0.4) is 0 Å². The van der Waals surface area contributed by atoms with Crippen LogP contribution in [-0.2, 0) is 11.8 Å². The molecule has 2 amide bonds. The summed E-state index contributed by atoms with van der Waals surface area (Å²) < 4.78 is 10.8. The summed E-state index contributed by atoms with van der Waals surface area (Å²) >= 11 is 0. The van der Waals surface area contributed by atoms with Gasteiger partial charge in [-0.3, -0.25) is 14.6 Å². The molecule has 0 aliphatic rings. The van der Waals surface area contributed by atoms with Crippen molar-refractivity contribution in [3.63, 3.8) is 0 Å². The lowest BCUT2D eigenvalue weighted by Gasteiger charge is -2.21. The Bertz CT molecular complexity index is 1440. The molecule has 0 atom stereocenters. The van der Waals surface area contributed by atoms with E-state index in [4.69, 9.17) is 9.26 Å². The number of nitrogens with one attached hydrogen (secondary N) is 2. The lowest BCUT2D eigenvalue weighted by molar-refractivity contribution is 0.0916. The van der Waals surface area contributed by atoms with Crippen LogP contribution in [0.25, 0.3) is 11.3 Å². The number of anilines is 1. The van der Waals surface area contributed by atoms with E-state index >= 15 is 0 Å². The van der Waals surface area contributed by atoms with Crippen molar-refractivity contribution < 1.29 is 18.8 Å². The monoisotopic (exact) mass is 512 g/mol. The number of pyridine rings is 1. The molecule has 0 aliphatic heterocycles. The zero-order valence-corrected chi connectivity index (χ0v) is 22.3. The van der Waals surface area contributed by atoms with Crippen LogP contribution in [0.1, 0.15) is 58.4 Å². The fourth-order valence-corrected chi connectivity index (χ4v) is 3.99. The Balaban J connectivity index is 1.48. The Hall–Kier alpha value is -4.46. The molecule has 0 unspecified atom stereocenters. The highest BCUT2D eigenvalue weighted by Crippen LogP contribution is 2.30. The zero-order valence-electron chi connectivity index (χ0n) is 22.3. The first-order chi connectivity index (χ1) is 18.2. The van der Waals surface area contributed by atoms with Gasteiger partial charge in [-0.15, -0.1) is 0 Å². The summed E-state index contributed by atoms with van der Waals surface area (Å²) in [5.41, 5.74) is 5.16. The Morgan fingerprint density at radius 2 is 1.84 bits per heavy atom. The molecule has 0 bridgehead atoms. The van der Waals surface area contributed by atoms with Crippen molar-refractivity contribution in [2.24, 2.45) is 0 Å². The van der Waals surface area contributed by atoms with Gasteiger partial charge in [-0.1, -0.05) is 44.1 Å². The topological polar surface area (TPSA) is 106 Å². The Kier molecular flexibility index (Phi) is 7.90. The first kappa shape index (κ1) is 26.6. The molecular weight excluding hydrogens is 480 g/mol. The normalized spacial score (nSPS) is 11.2. The second kappa shape index (κ2) is 11.3. The molecule has 2 N–H and O–H groups in total. The number of nitrogens with zero attached hydrogens (tertiary/aromatic N) is 2. The maximum atomic E-state index is 13.2. The van der Waals surface area contributed by atoms with Crippen molar-refractivity contribution in [2.75, 3.05) is 19.0 Å². The molecule has 2 aromatic heterocycles. The third kappa shape index (κ3) is 6.26. The number of hydrogen-bond donors (Lipinski definition) is 2. The quantitative estimate of drug-likeness (QED) is 0.319. The Morgan fingerprint density at radius 3 is 2.55 bits per heavy atom. The summed E-state index contributed by atoms with van der Waals surface area (Å²) in [5, 5.41) is 9.90. The highest BCUT2D eigenvalue weighted by Gasteiger charge is 2.20. The molecule has 4 rings (SSSR count). The molecule has 8 nitrogen and oxygen atoms in total. The minimum atomic E-state index is -0.347. The number of carbonyl (C=O) groups excluding carboxylic acids is 2. The number of benzene rings is 2. The molecule has 0 aliphatic carbocycles. The average Bonchev–Trinajstić information content (AvgIpc) is 3.39. The van der Waals surface area contributed by atoms with Crippen molar-refractivity contribution in [1.29, 1.82) is 0 Å². The number of ether oxygens (including phenoxy) is 1. The number of carbonyl (C=O) groups is 2. The highest BCUT2D eigenvalue weighted by atomic mass is 16.5. The van der Waals surface area contributed by atoms with Crippen LogP contribution >= 0.6 is 0 Å². The molecule has 38 heavy (non-hydrogen) atoms. The van der Waals surface area contributed by atoms with Gasteiger partial charge in [0, 0.05) is 36.3 Å². The minimum absolute atomic E-state index is 0.115. The maximum absolute atomic E-state index is 13.2. The molecule has 2 aromatic carbocycles. The first-order valence-electron chi connectivity index (χ1n) is 12.4. The summed E-state index contributed by atoms with van der Waals surface area (Å²) in [6.45, 7) is 8.65. The molecule has 0 radical (unpaired) electrons. The van der Waals surface area contributed by atoms with E-state index in [1.165, 1.54) is 0 Å². The van der Waals surface area contributed by atoms with Crippen molar-refractivity contribution in [3.8, 4) is 17.0 Å². The minimum Gasteiger partial charge on any atom is -0.496 e. The third-order valence-electron chi connectivity index (χ3n) is 6.24. The molecule has 2 heterocycles. The summed E-state index contributed by atoms with van der Waals surface area (Å²) in [6, 6.07) is 16.6. The fraction of sp³-hybridized carbons (Fsp3) is 0.267. The van der Waals surface area contributed by atoms with Gasteiger partial charge in [-0.05, 0) is 65.8 Å². The third-order valence-corrected chi connectivity index (χ3v) is 6.24. The number of amides is 2. The molecular formula is C30H32N4O4. The van der Waals surface area contributed by atoms with Crippen molar-refractivity contribution in [3.05, 3.63) is 95.0 Å². The molecule has 0 saturated heterocycles. The van der Waals surface area contributed by atoms with Gasteiger partial charge in [0.05, 0.1) is 12.7 Å². The zero-order chi connectivity index (χ0) is 27.3. The van der Waals surface area contributed by atoms with Crippen LogP contribution < -0.4 is 15.4 Å². The molecule has 0 fully saturated rings.